The average Bonchev–Trinajstić information content (AvgIpc) is 2.10. The molecule has 4 heteroatoms. The van der Waals surface area contributed by atoms with Gasteiger partial charge in [-0.2, -0.15) is 0 Å². The fourth-order valence-corrected chi connectivity index (χ4v) is 0.603. The molecule has 0 radical (unpaired) electrons. The van der Waals surface area contributed by atoms with Crippen LogP contribution in [0, 0.1) is 0 Å². The van der Waals surface area contributed by atoms with E-state index < -0.39 is 0 Å². The zero-order chi connectivity index (χ0) is 9.40. The minimum Gasteiger partial charge on any atom is -0.390 e. The second-order valence-corrected chi connectivity index (χ2v) is 2.65. The van der Waals surface area contributed by atoms with E-state index in [1.165, 1.54) is 0 Å². The van der Waals surface area contributed by atoms with Gasteiger partial charge in [0.2, 0.25) is 0 Å². The smallest absolute Gasteiger partial charge is 0.0866 e. The molecular formula is C8H17N3O. The summed E-state index contributed by atoms with van der Waals surface area (Å²) in [4.78, 5) is 0. The summed E-state index contributed by atoms with van der Waals surface area (Å²) in [6.45, 7) is 6.36. The van der Waals surface area contributed by atoms with Crippen molar-refractivity contribution in [2.45, 2.75) is 19.8 Å². The van der Waals surface area contributed by atoms with Crippen molar-refractivity contribution < 1.29 is 5.11 Å². The van der Waals surface area contributed by atoms with Crippen LogP contribution in [0.2, 0.25) is 0 Å². The number of unbranched alkanes of at least 4 members (excludes halogenated alkanes) is 1. The Morgan fingerprint density at radius 1 is 1.58 bits per heavy atom. The highest BCUT2D eigenvalue weighted by molar-refractivity contribution is 4.87. The standard InChI is InChI=1S/C8H17N3O/c1-4-5-6-11(3)10-9-8(2)7-12/h12H,2,4-7H2,1,3H3/b10-9-. The number of rotatable bonds is 6. The van der Waals surface area contributed by atoms with Gasteiger partial charge < -0.3 is 5.11 Å². The van der Waals surface area contributed by atoms with Crippen LogP contribution in [-0.4, -0.2) is 30.3 Å². The Kier molecular flexibility index (Phi) is 6.28. The predicted molar refractivity (Wildman–Crippen MR) is 48.6 cm³/mol. The van der Waals surface area contributed by atoms with E-state index in [2.05, 4.69) is 23.8 Å². The van der Waals surface area contributed by atoms with Gasteiger partial charge in [-0.1, -0.05) is 25.1 Å². The molecule has 0 atom stereocenters. The first-order chi connectivity index (χ1) is 5.70. The molecule has 0 amide bonds. The van der Waals surface area contributed by atoms with Crippen molar-refractivity contribution in [3.63, 3.8) is 0 Å². The normalized spacial score (nSPS) is 10.6. The Balaban J connectivity index is 3.59. The minimum absolute atomic E-state index is 0.134. The average molecular weight is 171 g/mol. The molecule has 0 aromatic carbocycles. The van der Waals surface area contributed by atoms with Crippen LogP contribution in [0.15, 0.2) is 22.6 Å². The topological polar surface area (TPSA) is 48.2 Å². The fraction of sp³-hybridized carbons (Fsp3) is 0.750. The number of aliphatic hydroxyl groups excluding tert-OH is 1. The van der Waals surface area contributed by atoms with Gasteiger partial charge in [0.15, 0.2) is 0 Å². The quantitative estimate of drug-likeness (QED) is 0.487. The molecule has 0 aromatic heterocycles. The van der Waals surface area contributed by atoms with Crippen molar-refractivity contribution in [1.29, 1.82) is 0 Å². The maximum atomic E-state index is 8.55. The predicted octanol–water partition coefficient (Wildman–Crippen LogP) is 1.59. The molecule has 0 unspecified atom stereocenters. The third-order valence-corrected chi connectivity index (χ3v) is 1.36. The van der Waals surface area contributed by atoms with Gasteiger partial charge in [0.05, 0.1) is 12.3 Å². The van der Waals surface area contributed by atoms with Gasteiger partial charge in [-0.15, -0.1) is 5.11 Å². The summed E-state index contributed by atoms with van der Waals surface area (Å²) in [5.74, 6) is 0. The van der Waals surface area contributed by atoms with Gasteiger partial charge in [0, 0.05) is 13.6 Å². The highest BCUT2D eigenvalue weighted by Crippen LogP contribution is 1.96. The van der Waals surface area contributed by atoms with Gasteiger partial charge in [-0.05, 0) is 6.42 Å². The lowest BCUT2D eigenvalue weighted by Gasteiger charge is -2.09. The molecule has 0 bridgehead atoms. The van der Waals surface area contributed by atoms with Crippen molar-refractivity contribution in [1.82, 2.24) is 5.01 Å². The summed E-state index contributed by atoms with van der Waals surface area (Å²) in [5, 5.41) is 17.8. The summed E-state index contributed by atoms with van der Waals surface area (Å²) in [7, 11) is 1.85. The Labute approximate surface area is 73.6 Å². The van der Waals surface area contributed by atoms with Crippen molar-refractivity contribution >= 4 is 0 Å². The maximum absolute atomic E-state index is 8.55. The van der Waals surface area contributed by atoms with E-state index in [-0.39, 0.29) is 6.61 Å². The molecule has 0 saturated heterocycles. The lowest BCUT2D eigenvalue weighted by atomic mass is 10.3. The fourth-order valence-electron chi connectivity index (χ4n) is 0.603. The van der Waals surface area contributed by atoms with E-state index in [4.69, 9.17) is 5.11 Å². The third-order valence-electron chi connectivity index (χ3n) is 1.36. The third kappa shape index (κ3) is 5.85. The molecule has 0 aromatic rings. The minimum atomic E-state index is -0.134. The van der Waals surface area contributed by atoms with E-state index in [1.807, 2.05) is 7.05 Å². The van der Waals surface area contributed by atoms with E-state index in [1.54, 1.807) is 5.01 Å². The van der Waals surface area contributed by atoms with Crippen LogP contribution in [0.1, 0.15) is 19.8 Å². The monoisotopic (exact) mass is 171 g/mol. The first-order valence-electron chi connectivity index (χ1n) is 4.12. The summed E-state index contributed by atoms with van der Waals surface area (Å²) >= 11 is 0. The number of hydrogen-bond donors (Lipinski definition) is 1. The molecule has 12 heavy (non-hydrogen) atoms. The molecule has 0 saturated carbocycles. The first-order valence-corrected chi connectivity index (χ1v) is 4.12. The van der Waals surface area contributed by atoms with Crippen LogP contribution in [0.4, 0.5) is 0 Å². The van der Waals surface area contributed by atoms with Gasteiger partial charge >= 0.3 is 0 Å². The van der Waals surface area contributed by atoms with E-state index in [0.717, 1.165) is 19.4 Å². The Bertz CT molecular complexity index is 156. The van der Waals surface area contributed by atoms with Crippen molar-refractivity contribution in [2.24, 2.45) is 10.3 Å². The highest BCUT2D eigenvalue weighted by atomic mass is 16.3. The molecule has 4 nitrogen and oxygen atoms in total. The van der Waals surface area contributed by atoms with Crippen LogP contribution in [0.3, 0.4) is 0 Å². The van der Waals surface area contributed by atoms with Crippen molar-refractivity contribution in [3.8, 4) is 0 Å². The van der Waals surface area contributed by atoms with Crippen LogP contribution in [0.5, 0.6) is 0 Å². The molecular weight excluding hydrogens is 154 g/mol. The molecule has 0 rings (SSSR count). The highest BCUT2D eigenvalue weighted by Gasteiger charge is 1.91. The Morgan fingerprint density at radius 2 is 2.25 bits per heavy atom. The summed E-state index contributed by atoms with van der Waals surface area (Å²) in [6, 6.07) is 0. The summed E-state index contributed by atoms with van der Waals surface area (Å²) < 4.78 is 0. The second-order valence-electron chi connectivity index (χ2n) is 2.65. The summed E-state index contributed by atoms with van der Waals surface area (Å²) in [5.41, 5.74) is 0.387. The second kappa shape index (κ2) is 6.79. The summed E-state index contributed by atoms with van der Waals surface area (Å²) in [6.07, 6.45) is 2.24. The van der Waals surface area contributed by atoms with Gasteiger partial charge in [-0.3, -0.25) is 5.01 Å². The Hall–Kier alpha value is -0.900. The Morgan fingerprint density at radius 3 is 2.75 bits per heavy atom. The molecule has 0 heterocycles. The SMILES string of the molecule is C=C(CO)/N=N\N(C)CCCC. The van der Waals surface area contributed by atoms with Crippen LogP contribution < -0.4 is 0 Å². The van der Waals surface area contributed by atoms with Gasteiger partial charge in [0.1, 0.15) is 0 Å². The maximum Gasteiger partial charge on any atom is 0.0866 e. The molecule has 1 N–H and O–H groups in total. The lowest BCUT2D eigenvalue weighted by molar-refractivity contribution is 0.305. The van der Waals surface area contributed by atoms with Crippen LogP contribution >= 0.6 is 0 Å². The largest absolute Gasteiger partial charge is 0.390 e. The van der Waals surface area contributed by atoms with E-state index >= 15 is 0 Å². The number of nitrogens with zero attached hydrogens (tertiary/aromatic N) is 3. The lowest BCUT2D eigenvalue weighted by Crippen LogP contribution is -2.11. The molecule has 0 aliphatic carbocycles. The zero-order valence-corrected chi connectivity index (χ0v) is 7.82. The first kappa shape index (κ1) is 11.1. The molecule has 0 aliphatic heterocycles. The van der Waals surface area contributed by atoms with Gasteiger partial charge in [-0.25, -0.2) is 0 Å². The molecule has 0 fully saturated rings. The molecule has 70 valence electrons. The van der Waals surface area contributed by atoms with Crippen molar-refractivity contribution in [3.05, 3.63) is 12.3 Å². The van der Waals surface area contributed by atoms with Gasteiger partial charge in [0.25, 0.3) is 0 Å². The number of hydrogen-bond acceptors (Lipinski definition) is 3. The number of aliphatic hydroxyl groups is 1. The van der Waals surface area contributed by atoms with E-state index in [0.29, 0.717) is 5.70 Å². The molecule has 0 aliphatic rings. The zero-order valence-electron chi connectivity index (χ0n) is 7.82. The van der Waals surface area contributed by atoms with Crippen LogP contribution in [0.25, 0.3) is 0 Å². The van der Waals surface area contributed by atoms with E-state index in [9.17, 15) is 0 Å². The van der Waals surface area contributed by atoms with Crippen LogP contribution in [-0.2, 0) is 0 Å². The van der Waals surface area contributed by atoms with Crippen molar-refractivity contribution in [2.75, 3.05) is 20.2 Å². The molecule has 0 spiro atoms.